The SMILES string of the molecule is COc1cccc(NC(=O)c2ccc(C(=O)NCCC(C)C)cc2)c1. The largest absolute Gasteiger partial charge is 0.497 e. The molecule has 0 saturated heterocycles. The molecule has 0 saturated carbocycles. The van der Waals surface area contributed by atoms with Crippen molar-refractivity contribution in [2.75, 3.05) is 19.0 Å². The minimum Gasteiger partial charge on any atom is -0.497 e. The second kappa shape index (κ2) is 8.87. The summed E-state index contributed by atoms with van der Waals surface area (Å²) in [5.74, 6) is 0.856. The Bertz CT molecular complexity index is 724. The summed E-state index contributed by atoms with van der Waals surface area (Å²) in [6, 6.07) is 13.8. The first-order valence-electron chi connectivity index (χ1n) is 8.33. The maximum absolute atomic E-state index is 12.3. The lowest BCUT2D eigenvalue weighted by atomic mass is 10.1. The van der Waals surface area contributed by atoms with Crippen LogP contribution in [0.25, 0.3) is 0 Å². The van der Waals surface area contributed by atoms with Crippen molar-refractivity contribution in [2.45, 2.75) is 20.3 Å². The van der Waals surface area contributed by atoms with Crippen LogP contribution in [0.5, 0.6) is 5.75 Å². The van der Waals surface area contributed by atoms with E-state index in [9.17, 15) is 9.59 Å². The zero-order valence-corrected chi connectivity index (χ0v) is 14.8. The summed E-state index contributed by atoms with van der Waals surface area (Å²) >= 11 is 0. The number of hydrogen-bond donors (Lipinski definition) is 2. The van der Waals surface area contributed by atoms with Crippen LogP contribution in [0, 0.1) is 5.92 Å². The van der Waals surface area contributed by atoms with Gasteiger partial charge in [-0.2, -0.15) is 0 Å². The molecule has 5 heteroatoms. The molecule has 0 fully saturated rings. The first-order chi connectivity index (χ1) is 12.0. The number of benzene rings is 2. The van der Waals surface area contributed by atoms with E-state index in [2.05, 4.69) is 24.5 Å². The quantitative estimate of drug-likeness (QED) is 0.807. The van der Waals surface area contributed by atoms with Gasteiger partial charge in [-0.3, -0.25) is 9.59 Å². The van der Waals surface area contributed by atoms with Crippen LogP contribution < -0.4 is 15.4 Å². The summed E-state index contributed by atoms with van der Waals surface area (Å²) in [6.45, 7) is 4.87. The number of rotatable bonds is 7. The van der Waals surface area contributed by atoms with Crippen LogP contribution in [0.15, 0.2) is 48.5 Å². The van der Waals surface area contributed by atoms with Crippen molar-refractivity contribution >= 4 is 17.5 Å². The molecule has 0 aliphatic carbocycles. The monoisotopic (exact) mass is 340 g/mol. The Morgan fingerprint density at radius 1 is 1.00 bits per heavy atom. The number of ether oxygens (including phenoxy) is 1. The number of carbonyl (C=O) groups excluding carboxylic acids is 2. The van der Waals surface area contributed by atoms with E-state index >= 15 is 0 Å². The Morgan fingerprint density at radius 2 is 1.64 bits per heavy atom. The molecule has 2 aromatic carbocycles. The Morgan fingerprint density at radius 3 is 2.24 bits per heavy atom. The molecule has 0 unspecified atom stereocenters. The normalized spacial score (nSPS) is 10.4. The molecule has 0 bridgehead atoms. The highest BCUT2D eigenvalue weighted by Crippen LogP contribution is 2.17. The molecule has 0 radical (unpaired) electrons. The topological polar surface area (TPSA) is 67.4 Å². The molecule has 2 amide bonds. The molecular weight excluding hydrogens is 316 g/mol. The number of anilines is 1. The smallest absolute Gasteiger partial charge is 0.255 e. The van der Waals surface area contributed by atoms with Gasteiger partial charge in [0.2, 0.25) is 0 Å². The van der Waals surface area contributed by atoms with Gasteiger partial charge in [-0.25, -0.2) is 0 Å². The van der Waals surface area contributed by atoms with Crippen molar-refractivity contribution in [3.05, 3.63) is 59.7 Å². The Labute approximate surface area is 148 Å². The van der Waals surface area contributed by atoms with Crippen LogP contribution in [-0.4, -0.2) is 25.5 Å². The predicted octanol–water partition coefficient (Wildman–Crippen LogP) is 3.72. The third kappa shape index (κ3) is 5.64. The molecule has 0 spiro atoms. The van der Waals surface area contributed by atoms with E-state index in [1.165, 1.54) is 0 Å². The van der Waals surface area contributed by atoms with Crippen LogP contribution >= 0.6 is 0 Å². The highest BCUT2D eigenvalue weighted by Gasteiger charge is 2.09. The lowest BCUT2D eigenvalue weighted by Crippen LogP contribution is -2.25. The Kier molecular flexibility index (Phi) is 6.57. The second-order valence-corrected chi connectivity index (χ2v) is 6.20. The van der Waals surface area contributed by atoms with E-state index in [1.54, 1.807) is 49.6 Å². The van der Waals surface area contributed by atoms with Gasteiger partial charge in [-0.1, -0.05) is 19.9 Å². The Hall–Kier alpha value is -2.82. The van der Waals surface area contributed by atoms with Crippen LogP contribution in [0.1, 0.15) is 41.0 Å². The first kappa shape index (κ1) is 18.5. The van der Waals surface area contributed by atoms with Gasteiger partial charge in [-0.05, 0) is 48.7 Å². The number of methoxy groups -OCH3 is 1. The first-order valence-corrected chi connectivity index (χ1v) is 8.33. The van der Waals surface area contributed by atoms with Crippen LogP contribution in [-0.2, 0) is 0 Å². The average molecular weight is 340 g/mol. The fourth-order valence-electron chi connectivity index (χ4n) is 2.25. The predicted molar refractivity (Wildman–Crippen MR) is 99.2 cm³/mol. The zero-order chi connectivity index (χ0) is 18.2. The van der Waals surface area contributed by atoms with E-state index < -0.39 is 0 Å². The van der Waals surface area contributed by atoms with Crippen molar-refractivity contribution in [2.24, 2.45) is 5.92 Å². The van der Waals surface area contributed by atoms with Gasteiger partial charge in [-0.15, -0.1) is 0 Å². The molecule has 5 nitrogen and oxygen atoms in total. The molecule has 2 rings (SSSR count). The minimum absolute atomic E-state index is 0.125. The summed E-state index contributed by atoms with van der Waals surface area (Å²) in [7, 11) is 1.58. The lowest BCUT2D eigenvalue weighted by Gasteiger charge is -2.09. The van der Waals surface area contributed by atoms with Gasteiger partial charge in [0.05, 0.1) is 7.11 Å². The van der Waals surface area contributed by atoms with E-state index in [0.717, 1.165) is 6.42 Å². The van der Waals surface area contributed by atoms with Gasteiger partial charge >= 0.3 is 0 Å². The summed E-state index contributed by atoms with van der Waals surface area (Å²) in [6.07, 6.45) is 0.937. The highest BCUT2D eigenvalue weighted by atomic mass is 16.5. The van der Waals surface area contributed by atoms with Crippen molar-refractivity contribution in [3.8, 4) is 5.75 Å². The van der Waals surface area contributed by atoms with E-state index in [-0.39, 0.29) is 11.8 Å². The van der Waals surface area contributed by atoms with Crippen molar-refractivity contribution in [3.63, 3.8) is 0 Å². The molecular formula is C20H24N2O3. The van der Waals surface area contributed by atoms with Crippen molar-refractivity contribution < 1.29 is 14.3 Å². The maximum atomic E-state index is 12.3. The standard InChI is InChI=1S/C20H24N2O3/c1-14(2)11-12-21-19(23)15-7-9-16(10-8-15)20(24)22-17-5-4-6-18(13-17)25-3/h4-10,13-14H,11-12H2,1-3H3,(H,21,23)(H,22,24). The summed E-state index contributed by atoms with van der Waals surface area (Å²) < 4.78 is 5.14. The van der Waals surface area contributed by atoms with Gasteiger partial charge in [0.25, 0.3) is 11.8 Å². The van der Waals surface area contributed by atoms with E-state index in [1.807, 2.05) is 6.07 Å². The number of carbonyl (C=O) groups is 2. The number of amides is 2. The average Bonchev–Trinajstić information content (AvgIpc) is 2.61. The van der Waals surface area contributed by atoms with E-state index in [0.29, 0.717) is 35.0 Å². The molecule has 0 aliphatic rings. The van der Waals surface area contributed by atoms with Gasteiger partial charge in [0.15, 0.2) is 0 Å². The molecule has 25 heavy (non-hydrogen) atoms. The van der Waals surface area contributed by atoms with Gasteiger partial charge < -0.3 is 15.4 Å². The number of nitrogens with one attached hydrogen (secondary N) is 2. The molecule has 0 aromatic heterocycles. The fraction of sp³-hybridized carbons (Fsp3) is 0.300. The molecule has 132 valence electrons. The molecule has 2 aromatic rings. The third-order valence-corrected chi connectivity index (χ3v) is 3.74. The molecule has 0 atom stereocenters. The third-order valence-electron chi connectivity index (χ3n) is 3.74. The van der Waals surface area contributed by atoms with Crippen molar-refractivity contribution in [1.82, 2.24) is 5.32 Å². The highest BCUT2D eigenvalue weighted by molar-refractivity contribution is 6.05. The van der Waals surface area contributed by atoms with Crippen molar-refractivity contribution in [1.29, 1.82) is 0 Å². The van der Waals surface area contributed by atoms with E-state index in [4.69, 9.17) is 4.74 Å². The summed E-state index contributed by atoms with van der Waals surface area (Å²) in [5.41, 5.74) is 1.68. The molecule has 2 N–H and O–H groups in total. The molecule has 0 heterocycles. The summed E-state index contributed by atoms with van der Waals surface area (Å²) in [5, 5.41) is 5.69. The van der Waals surface area contributed by atoms with Gasteiger partial charge in [0, 0.05) is 29.4 Å². The fourth-order valence-corrected chi connectivity index (χ4v) is 2.25. The Balaban J connectivity index is 1.96. The van der Waals surface area contributed by atoms with Gasteiger partial charge in [0.1, 0.15) is 5.75 Å². The minimum atomic E-state index is -0.236. The maximum Gasteiger partial charge on any atom is 0.255 e. The second-order valence-electron chi connectivity index (χ2n) is 6.20. The number of hydrogen-bond acceptors (Lipinski definition) is 3. The lowest BCUT2D eigenvalue weighted by molar-refractivity contribution is 0.0950. The van der Waals surface area contributed by atoms with Crippen LogP contribution in [0.4, 0.5) is 5.69 Å². The molecule has 0 aliphatic heterocycles. The summed E-state index contributed by atoms with van der Waals surface area (Å²) in [4.78, 5) is 24.3. The van der Waals surface area contributed by atoms with Crippen LogP contribution in [0.2, 0.25) is 0 Å². The zero-order valence-electron chi connectivity index (χ0n) is 14.8. The van der Waals surface area contributed by atoms with Crippen LogP contribution in [0.3, 0.4) is 0 Å².